The molecule has 0 atom stereocenters. The first-order chi connectivity index (χ1) is 21.8. The van der Waals surface area contributed by atoms with Crippen LogP contribution in [0.2, 0.25) is 0 Å². The van der Waals surface area contributed by atoms with Gasteiger partial charge in [0.15, 0.2) is 0 Å². The summed E-state index contributed by atoms with van der Waals surface area (Å²) in [4.78, 5) is 5.04. The summed E-state index contributed by atoms with van der Waals surface area (Å²) in [6.45, 7) is 0.851. The molecule has 0 bridgehead atoms. The Hall–Kier alpha value is -4.70. The summed E-state index contributed by atoms with van der Waals surface area (Å²) in [6.07, 6.45) is 6.45. The van der Waals surface area contributed by atoms with Crippen LogP contribution in [0, 0.1) is 0 Å². The van der Waals surface area contributed by atoms with E-state index in [1.807, 2.05) is 23.5 Å². The van der Waals surface area contributed by atoms with E-state index < -0.39 is 0 Å². The van der Waals surface area contributed by atoms with Crippen LogP contribution in [0.1, 0.15) is 5.56 Å². The number of nitrogens with one attached hydrogen (secondary N) is 1. The fourth-order valence-electron chi connectivity index (χ4n) is 5.97. The van der Waals surface area contributed by atoms with Gasteiger partial charge in [-0.25, -0.2) is 0 Å². The molecule has 6 aromatic carbocycles. The van der Waals surface area contributed by atoms with E-state index >= 15 is 0 Å². The Kier molecular flexibility index (Phi) is 7.19. The van der Waals surface area contributed by atoms with Crippen molar-refractivity contribution in [2.45, 2.75) is 19.6 Å². The predicted octanol–water partition coefficient (Wildman–Crippen LogP) is 11.5. The van der Waals surface area contributed by atoms with Gasteiger partial charge in [-0.15, -0.1) is 0 Å². The second-order valence-electron chi connectivity index (χ2n) is 11.0. The van der Waals surface area contributed by atoms with Gasteiger partial charge in [0.2, 0.25) is 0 Å². The molecule has 0 saturated carbocycles. The van der Waals surface area contributed by atoms with E-state index in [1.54, 1.807) is 0 Å². The smallest absolute Gasteiger partial charge is 0.0416 e. The highest BCUT2D eigenvalue weighted by atomic mass is 32.2. The van der Waals surface area contributed by atoms with E-state index in [-0.39, 0.29) is 0 Å². The van der Waals surface area contributed by atoms with Crippen molar-refractivity contribution in [3.63, 3.8) is 0 Å². The van der Waals surface area contributed by atoms with Gasteiger partial charge in [-0.1, -0.05) is 145 Å². The quantitative estimate of drug-likeness (QED) is 0.217. The zero-order valence-electron chi connectivity index (χ0n) is 24.0. The average molecular weight is 600 g/mol. The molecule has 2 heterocycles. The number of dihydropyridines is 1. The van der Waals surface area contributed by atoms with E-state index in [9.17, 15) is 0 Å². The monoisotopic (exact) mass is 599 g/mol. The molecule has 210 valence electrons. The third-order valence-corrected chi connectivity index (χ3v) is 10.4. The molecule has 0 aromatic heterocycles. The summed E-state index contributed by atoms with van der Waals surface area (Å²) in [5, 5.41) is 3.55. The van der Waals surface area contributed by atoms with Crippen LogP contribution in [0.4, 0.5) is 0 Å². The van der Waals surface area contributed by atoms with Gasteiger partial charge in [0.1, 0.15) is 0 Å². The Morgan fingerprint density at radius 3 is 1.59 bits per heavy atom. The van der Waals surface area contributed by atoms with Gasteiger partial charge in [0.25, 0.3) is 0 Å². The largest absolute Gasteiger partial charge is 0.381 e. The summed E-state index contributed by atoms with van der Waals surface area (Å²) in [5.74, 6) is 0. The van der Waals surface area contributed by atoms with Crippen LogP contribution in [0.25, 0.3) is 50.2 Å². The van der Waals surface area contributed by atoms with Gasteiger partial charge in [-0.2, -0.15) is 0 Å². The first-order valence-electron chi connectivity index (χ1n) is 14.9. The van der Waals surface area contributed by atoms with Crippen LogP contribution in [-0.4, -0.2) is 6.54 Å². The molecule has 6 aromatic rings. The van der Waals surface area contributed by atoms with Gasteiger partial charge in [-0.05, 0) is 86.5 Å². The Morgan fingerprint density at radius 1 is 0.409 bits per heavy atom. The fraction of sp³-hybridized carbons (Fsp3) is 0.0244. The molecule has 44 heavy (non-hydrogen) atoms. The number of fused-ring (bicyclic) bond motifs is 6. The van der Waals surface area contributed by atoms with Gasteiger partial charge >= 0.3 is 0 Å². The lowest BCUT2D eigenvalue weighted by molar-refractivity contribution is 0.994. The Labute approximate surface area is 267 Å². The standard InChI is InChI=1S/C41H29NS2/c1-2-11-28(12-3-1)29-13-10-14-30(25-29)31-20-22-35-36-23-21-32(37-17-8-9-24-42-37)27-41(36)44-39-19-7-5-16-34(39)33-15-4-6-18-38(33)43-40(35)26-31/h1-23,25-27,42H,24H2. The van der Waals surface area contributed by atoms with Crippen molar-refractivity contribution in [2.24, 2.45) is 0 Å². The lowest BCUT2D eigenvalue weighted by atomic mass is 9.96. The third kappa shape index (κ3) is 5.19. The van der Waals surface area contributed by atoms with Crippen LogP contribution in [0.15, 0.2) is 177 Å². The van der Waals surface area contributed by atoms with E-state index in [0.29, 0.717) is 0 Å². The van der Waals surface area contributed by atoms with Crippen molar-refractivity contribution < 1.29 is 0 Å². The molecule has 0 aliphatic carbocycles. The molecule has 1 nitrogen and oxygen atoms in total. The van der Waals surface area contributed by atoms with Crippen molar-refractivity contribution in [3.05, 3.63) is 163 Å². The fourth-order valence-corrected chi connectivity index (χ4v) is 8.26. The van der Waals surface area contributed by atoms with Crippen LogP contribution < -0.4 is 5.32 Å². The number of rotatable bonds is 3. The van der Waals surface area contributed by atoms with Crippen LogP contribution in [0.3, 0.4) is 0 Å². The van der Waals surface area contributed by atoms with E-state index in [0.717, 1.165) is 12.2 Å². The van der Waals surface area contributed by atoms with E-state index in [1.165, 1.54) is 69.7 Å². The van der Waals surface area contributed by atoms with Crippen LogP contribution >= 0.6 is 23.5 Å². The molecule has 2 aliphatic heterocycles. The highest BCUT2D eigenvalue weighted by Crippen LogP contribution is 2.49. The van der Waals surface area contributed by atoms with Crippen molar-refractivity contribution in [2.75, 3.05) is 6.54 Å². The molecule has 0 fully saturated rings. The zero-order valence-corrected chi connectivity index (χ0v) is 25.7. The Balaban J connectivity index is 1.32. The molecular formula is C41H29NS2. The van der Waals surface area contributed by atoms with Gasteiger partial charge in [0, 0.05) is 31.8 Å². The molecule has 0 unspecified atom stereocenters. The highest BCUT2D eigenvalue weighted by Gasteiger charge is 2.20. The second-order valence-corrected chi connectivity index (χ2v) is 13.1. The van der Waals surface area contributed by atoms with Gasteiger partial charge in [-0.3, -0.25) is 0 Å². The minimum absolute atomic E-state index is 0.851. The van der Waals surface area contributed by atoms with Crippen LogP contribution in [-0.2, 0) is 0 Å². The number of benzene rings is 6. The van der Waals surface area contributed by atoms with Gasteiger partial charge in [0.05, 0.1) is 0 Å². The molecule has 8 rings (SSSR count). The van der Waals surface area contributed by atoms with Gasteiger partial charge < -0.3 is 5.32 Å². The number of allylic oxidation sites excluding steroid dienone is 2. The van der Waals surface area contributed by atoms with E-state index in [2.05, 4.69) is 163 Å². The van der Waals surface area contributed by atoms with Crippen molar-refractivity contribution in [1.82, 2.24) is 5.32 Å². The third-order valence-electron chi connectivity index (χ3n) is 8.18. The SMILES string of the molecule is C1=CCNC(c2ccc3c(c2)Sc2ccccc2-c2ccccc2Sc2cc(-c4cccc(-c5ccccc5)c4)ccc2-3)=C1. The van der Waals surface area contributed by atoms with E-state index in [4.69, 9.17) is 0 Å². The van der Waals surface area contributed by atoms with Crippen molar-refractivity contribution in [3.8, 4) is 44.5 Å². The molecule has 0 spiro atoms. The first kappa shape index (κ1) is 26.9. The zero-order chi connectivity index (χ0) is 29.3. The topological polar surface area (TPSA) is 12.0 Å². The summed E-state index contributed by atoms with van der Waals surface area (Å²) >= 11 is 3.73. The number of hydrogen-bond acceptors (Lipinski definition) is 3. The lowest BCUT2D eigenvalue weighted by Crippen LogP contribution is -2.14. The summed E-state index contributed by atoms with van der Waals surface area (Å²) in [5.41, 5.74) is 12.3. The van der Waals surface area contributed by atoms with Crippen LogP contribution in [0.5, 0.6) is 0 Å². The average Bonchev–Trinajstić information content (AvgIpc) is 3.10. The minimum Gasteiger partial charge on any atom is -0.381 e. The molecular weight excluding hydrogens is 571 g/mol. The summed E-state index contributed by atoms with van der Waals surface area (Å²) < 4.78 is 0. The summed E-state index contributed by atoms with van der Waals surface area (Å²) in [7, 11) is 0. The first-order valence-corrected chi connectivity index (χ1v) is 16.5. The van der Waals surface area contributed by atoms with Crippen molar-refractivity contribution >= 4 is 29.2 Å². The molecule has 1 N–H and O–H groups in total. The Morgan fingerprint density at radius 2 is 0.932 bits per heavy atom. The molecule has 0 amide bonds. The highest BCUT2D eigenvalue weighted by molar-refractivity contribution is 8.00. The molecule has 0 radical (unpaired) electrons. The maximum atomic E-state index is 3.55. The Bertz CT molecular complexity index is 2070. The molecule has 3 heteroatoms. The number of hydrogen-bond donors (Lipinski definition) is 1. The maximum Gasteiger partial charge on any atom is 0.0416 e. The predicted molar refractivity (Wildman–Crippen MR) is 188 cm³/mol. The molecule has 2 aliphatic rings. The maximum absolute atomic E-state index is 3.55. The lowest BCUT2D eigenvalue weighted by Gasteiger charge is -2.22. The summed E-state index contributed by atoms with van der Waals surface area (Å²) in [6, 6.07) is 51.1. The molecule has 0 saturated heterocycles. The minimum atomic E-state index is 0.851. The second kappa shape index (κ2) is 11.8. The normalized spacial score (nSPS) is 13.4. The van der Waals surface area contributed by atoms with Crippen molar-refractivity contribution in [1.29, 1.82) is 0 Å².